The molecular formula is C22H21N3O2. The number of aromatic amines is 1. The summed E-state index contributed by atoms with van der Waals surface area (Å²) in [6.07, 6.45) is 2.70. The van der Waals surface area contributed by atoms with Crippen LogP contribution in [0.2, 0.25) is 0 Å². The second kappa shape index (κ2) is 8.33. The first kappa shape index (κ1) is 18.4. The van der Waals surface area contributed by atoms with Gasteiger partial charge < -0.3 is 9.72 Å². The fourth-order valence-electron chi connectivity index (χ4n) is 2.61. The molecule has 0 bridgehead atoms. The van der Waals surface area contributed by atoms with Crippen molar-refractivity contribution in [1.82, 2.24) is 9.97 Å². The molecule has 0 unspecified atom stereocenters. The van der Waals surface area contributed by atoms with Gasteiger partial charge in [-0.3, -0.25) is 4.79 Å². The van der Waals surface area contributed by atoms with Crippen LogP contribution < -0.4 is 10.3 Å². The summed E-state index contributed by atoms with van der Waals surface area (Å²) in [7, 11) is 0. The van der Waals surface area contributed by atoms with Crippen LogP contribution in [0.25, 0.3) is 22.6 Å². The normalized spacial score (nSPS) is 11.6. The summed E-state index contributed by atoms with van der Waals surface area (Å²) in [5.74, 6) is 1.66. The Morgan fingerprint density at radius 2 is 1.96 bits per heavy atom. The Hall–Kier alpha value is -3.39. The monoisotopic (exact) mass is 359 g/mol. The Morgan fingerprint density at radius 1 is 1.22 bits per heavy atom. The molecule has 0 saturated carbocycles. The number of nitrogens with zero attached hydrogens (tertiary/aromatic N) is 2. The Balaban J connectivity index is 1.84. The average molecular weight is 359 g/mol. The fourth-order valence-corrected chi connectivity index (χ4v) is 2.61. The number of aromatic nitrogens is 2. The zero-order valence-electron chi connectivity index (χ0n) is 15.4. The highest BCUT2D eigenvalue weighted by Gasteiger charge is 2.08. The van der Waals surface area contributed by atoms with Crippen LogP contribution in [-0.2, 0) is 0 Å². The van der Waals surface area contributed by atoms with Crippen molar-refractivity contribution in [3.05, 3.63) is 70.3 Å². The van der Waals surface area contributed by atoms with Gasteiger partial charge >= 0.3 is 0 Å². The van der Waals surface area contributed by atoms with Crippen LogP contribution in [0.5, 0.6) is 5.75 Å². The van der Waals surface area contributed by atoms with Gasteiger partial charge in [0.05, 0.1) is 23.1 Å². The smallest absolute Gasteiger partial charge is 0.259 e. The second-order valence-electron chi connectivity index (χ2n) is 6.70. The molecule has 0 amide bonds. The number of nitrogens with one attached hydrogen (secondary N) is 1. The minimum absolute atomic E-state index is 0.259. The molecule has 136 valence electrons. The largest absolute Gasteiger partial charge is 0.494 e. The van der Waals surface area contributed by atoms with Crippen molar-refractivity contribution in [2.75, 3.05) is 6.61 Å². The molecule has 1 heterocycles. The number of nitriles is 1. The van der Waals surface area contributed by atoms with E-state index in [4.69, 9.17) is 4.74 Å². The van der Waals surface area contributed by atoms with Crippen molar-refractivity contribution in [3.63, 3.8) is 0 Å². The quantitative estimate of drug-likeness (QED) is 0.661. The number of hydrogen-bond donors (Lipinski definition) is 1. The number of fused-ring (bicyclic) bond motifs is 1. The maximum absolute atomic E-state index is 12.2. The van der Waals surface area contributed by atoms with E-state index in [0.29, 0.717) is 29.0 Å². The number of ether oxygens (including phenoxy) is 1. The summed E-state index contributed by atoms with van der Waals surface area (Å²) in [6, 6.07) is 16.7. The van der Waals surface area contributed by atoms with Gasteiger partial charge in [-0.2, -0.15) is 5.26 Å². The maximum atomic E-state index is 12.2. The molecule has 0 fully saturated rings. The molecule has 3 rings (SSSR count). The molecule has 0 spiro atoms. The third kappa shape index (κ3) is 4.62. The summed E-state index contributed by atoms with van der Waals surface area (Å²) in [6.45, 7) is 5.00. The third-order valence-corrected chi connectivity index (χ3v) is 4.14. The van der Waals surface area contributed by atoms with E-state index < -0.39 is 0 Å². The van der Waals surface area contributed by atoms with Gasteiger partial charge in [-0.1, -0.05) is 38.1 Å². The Labute approximate surface area is 158 Å². The highest BCUT2D eigenvalue weighted by atomic mass is 16.5. The van der Waals surface area contributed by atoms with Crippen LogP contribution in [0.15, 0.2) is 53.3 Å². The zero-order valence-corrected chi connectivity index (χ0v) is 15.4. The molecule has 2 aromatic carbocycles. The lowest BCUT2D eigenvalue weighted by Gasteiger charge is -2.08. The van der Waals surface area contributed by atoms with Gasteiger partial charge in [0.15, 0.2) is 5.82 Å². The number of H-pyrrole nitrogens is 1. The van der Waals surface area contributed by atoms with E-state index in [1.807, 2.05) is 30.3 Å². The van der Waals surface area contributed by atoms with Gasteiger partial charge in [0.25, 0.3) is 5.56 Å². The highest BCUT2D eigenvalue weighted by molar-refractivity contribution is 5.89. The van der Waals surface area contributed by atoms with E-state index in [0.717, 1.165) is 17.7 Å². The summed E-state index contributed by atoms with van der Waals surface area (Å²) < 4.78 is 5.71. The van der Waals surface area contributed by atoms with Crippen LogP contribution >= 0.6 is 0 Å². The summed E-state index contributed by atoms with van der Waals surface area (Å²) in [5.41, 5.74) is 1.43. The molecule has 1 aromatic heterocycles. The van der Waals surface area contributed by atoms with Gasteiger partial charge in [0.1, 0.15) is 11.8 Å². The molecule has 5 nitrogen and oxygen atoms in total. The van der Waals surface area contributed by atoms with Crippen molar-refractivity contribution in [3.8, 4) is 11.8 Å². The van der Waals surface area contributed by atoms with E-state index in [9.17, 15) is 10.1 Å². The van der Waals surface area contributed by atoms with E-state index in [1.54, 1.807) is 24.3 Å². The van der Waals surface area contributed by atoms with E-state index >= 15 is 0 Å². The lowest BCUT2D eigenvalue weighted by molar-refractivity contribution is 0.289. The standard InChI is InChI=1S/C22H21N3O2/c1-15(2)11-12-27-18-9-7-16(8-10-18)13-17(14-23)21-24-20-6-4-3-5-19(20)22(26)25-21/h3-10,13,15H,11-12H2,1-2H3,(H,24,25,26). The van der Waals surface area contributed by atoms with Crippen molar-refractivity contribution in [2.24, 2.45) is 5.92 Å². The summed E-state index contributed by atoms with van der Waals surface area (Å²) >= 11 is 0. The Morgan fingerprint density at radius 3 is 2.67 bits per heavy atom. The van der Waals surface area contributed by atoms with Crippen molar-refractivity contribution in [1.29, 1.82) is 5.26 Å². The van der Waals surface area contributed by atoms with Crippen molar-refractivity contribution >= 4 is 22.6 Å². The fraction of sp³-hybridized carbons (Fsp3) is 0.227. The van der Waals surface area contributed by atoms with E-state index in [1.165, 1.54) is 0 Å². The predicted octanol–water partition coefficient (Wildman–Crippen LogP) is 4.41. The SMILES string of the molecule is CC(C)CCOc1ccc(C=C(C#N)c2nc3ccccc3c(=O)[nH]2)cc1. The molecule has 0 aliphatic carbocycles. The third-order valence-electron chi connectivity index (χ3n) is 4.14. The Bertz CT molecular complexity index is 1060. The van der Waals surface area contributed by atoms with Gasteiger partial charge in [-0.15, -0.1) is 0 Å². The predicted molar refractivity (Wildman–Crippen MR) is 107 cm³/mol. The molecule has 5 heteroatoms. The van der Waals surface area contributed by atoms with Crippen LogP contribution in [0.4, 0.5) is 0 Å². The van der Waals surface area contributed by atoms with Crippen molar-refractivity contribution in [2.45, 2.75) is 20.3 Å². The van der Waals surface area contributed by atoms with E-state index in [2.05, 4.69) is 29.9 Å². The first-order valence-corrected chi connectivity index (χ1v) is 8.91. The number of benzene rings is 2. The average Bonchev–Trinajstić information content (AvgIpc) is 2.67. The minimum atomic E-state index is -0.259. The van der Waals surface area contributed by atoms with Gasteiger partial charge in [-0.05, 0) is 48.2 Å². The molecule has 3 aromatic rings. The summed E-state index contributed by atoms with van der Waals surface area (Å²) in [4.78, 5) is 19.3. The van der Waals surface area contributed by atoms with Crippen LogP contribution in [0.1, 0.15) is 31.7 Å². The number of allylic oxidation sites excluding steroid dienone is 1. The summed E-state index contributed by atoms with van der Waals surface area (Å²) in [5, 5.41) is 10.0. The topological polar surface area (TPSA) is 78.8 Å². The molecular weight excluding hydrogens is 338 g/mol. The van der Waals surface area contributed by atoms with Crippen molar-refractivity contribution < 1.29 is 4.74 Å². The molecule has 0 radical (unpaired) electrons. The van der Waals surface area contributed by atoms with Crippen LogP contribution in [0, 0.1) is 17.2 Å². The highest BCUT2D eigenvalue weighted by Crippen LogP contribution is 2.19. The van der Waals surface area contributed by atoms with Crippen LogP contribution in [-0.4, -0.2) is 16.6 Å². The molecule has 27 heavy (non-hydrogen) atoms. The second-order valence-corrected chi connectivity index (χ2v) is 6.70. The molecule has 0 saturated heterocycles. The van der Waals surface area contributed by atoms with E-state index in [-0.39, 0.29) is 11.4 Å². The van der Waals surface area contributed by atoms with Crippen LogP contribution in [0.3, 0.4) is 0 Å². The molecule has 1 N–H and O–H groups in total. The zero-order chi connectivity index (χ0) is 19.2. The Kier molecular flexibility index (Phi) is 5.68. The lowest BCUT2D eigenvalue weighted by atomic mass is 10.1. The van der Waals surface area contributed by atoms with Gasteiger partial charge in [0.2, 0.25) is 0 Å². The molecule has 0 aliphatic rings. The first-order valence-electron chi connectivity index (χ1n) is 8.91. The van der Waals surface area contributed by atoms with Gasteiger partial charge in [0, 0.05) is 0 Å². The molecule has 0 atom stereocenters. The van der Waals surface area contributed by atoms with Gasteiger partial charge in [-0.25, -0.2) is 4.98 Å². The lowest BCUT2D eigenvalue weighted by Crippen LogP contribution is -2.11. The first-order chi connectivity index (χ1) is 13.1. The number of rotatable bonds is 6. The minimum Gasteiger partial charge on any atom is -0.494 e. The maximum Gasteiger partial charge on any atom is 0.259 e. The molecule has 0 aliphatic heterocycles. The number of para-hydroxylation sites is 1. The number of hydrogen-bond acceptors (Lipinski definition) is 4.